The Balaban J connectivity index is 1.85. The molecule has 0 heterocycles. The third-order valence-electron chi connectivity index (χ3n) is 4.36. The van der Waals surface area contributed by atoms with Crippen molar-refractivity contribution in [2.75, 3.05) is 0 Å². The van der Waals surface area contributed by atoms with Gasteiger partial charge in [-0.15, -0.1) is 0 Å². The number of hydrazone groups is 1. The van der Waals surface area contributed by atoms with Crippen molar-refractivity contribution in [1.29, 1.82) is 0 Å². The quantitative estimate of drug-likeness (QED) is 0.522. The molecule has 3 aromatic carbocycles. The maximum absolute atomic E-state index is 13.0. The number of nitrogens with zero attached hydrogens (tertiary/aromatic N) is 1. The number of hydrogen-bond donors (Lipinski definition) is 2. The van der Waals surface area contributed by atoms with Crippen LogP contribution in [0, 0.1) is 0 Å². The molecule has 1 amide bonds. The van der Waals surface area contributed by atoms with Crippen LogP contribution in [-0.2, 0) is 16.8 Å². The molecule has 0 unspecified atom stereocenters. The molecular formula is C23H22N2O2. The van der Waals surface area contributed by atoms with E-state index in [0.29, 0.717) is 17.5 Å². The minimum absolute atomic E-state index is 0.490. The monoisotopic (exact) mass is 358 g/mol. The normalized spacial score (nSPS) is 11.9. The maximum Gasteiger partial charge on any atom is 0.281 e. The number of aliphatic hydroxyl groups is 1. The van der Waals surface area contributed by atoms with Crippen LogP contribution in [0.25, 0.3) is 0 Å². The molecule has 4 heteroatoms. The predicted octanol–water partition coefficient (Wildman–Crippen LogP) is 3.66. The fourth-order valence-electron chi connectivity index (χ4n) is 2.95. The van der Waals surface area contributed by atoms with Crippen molar-refractivity contribution in [1.82, 2.24) is 5.43 Å². The molecule has 0 saturated carbocycles. The van der Waals surface area contributed by atoms with Crippen molar-refractivity contribution < 1.29 is 9.90 Å². The molecule has 0 atom stereocenters. The minimum Gasteiger partial charge on any atom is -0.372 e. The Morgan fingerprint density at radius 3 is 1.78 bits per heavy atom. The van der Waals surface area contributed by atoms with Crippen molar-refractivity contribution in [2.45, 2.75) is 18.9 Å². The highest BCUT2D eigenvalue weighted by molar-refractivity contribution is 5.92. The molecule has 0 radical (unpaired) electrons. The summed E-state index contributed by atoms with van der Waals surface area (Å²) >= 11 is 0. The van der Waals surface area contributed by atoms with Gasteiger partial charge in [0.1, 0.15) is 0 Å². The van der Waals surface area contributed by atoms with Gasteiger partial charge in [-0.2, -0.15) is 5.10 Å². The lowest BCUT2D eigenvalue weighted by Crippen LogP contribution is -2.43. The van der Waals surface area contributed by atoms with Gasteiger partial charge in [-0.25, -0.2) is 5.43 Å². The molecular weight excluding hydrogens is 336 g/mol. The van der Waals surface area contributed by atoms with Gasteiger partial charge in [0.05, 0.1) is 0 Å². The van der Waals surface area contributed by atoms with Crippen LogP contribution >= 0.6 is 0 Å². The molecule has 0 aliphatic carbocycles. The number of carbonyl (C=O) groups excluding carboxylic acids is 1. The molecule has 0 spiro atoms. The molecule has 3 rings (SSSR count). The van der Waals surface area contributed by atoms with Gasteiger partial charge >= 0.3 is 0 Å². The summed E-state index contributed by atoms with van der Waals surface area (Å²) in [5.41, 5.74) is 3.55. The van der Waals surface area contributed by atoms with Crippen LogP contribution in [-0.4, -0.2) is 16.7 Å². The summed E-state index contributed by atoms with van der Waals surface area (Å²) in [5.74, 6) is -0.590. The first kappa shape index (κ1) is 18.5. The van der Waals surface area contributed by atoms with Gasteiger partial charge in [0, 0.05) is 12.1 Å². The summed E-state index contributed by atoms with van der Waals surface area (Å²) in [7, 11) is 0. The lowest BCUT2D eigenvalue weighted by molar-refractivity contribution is -0.136. The van der Waals surface area contributed by atoms with E-state index in [1.54, 1.807) is 48.5 Å². The van der Waals surface area contributed by atoms with Gasteiger partial charge in [0.15, 0.2) is 5.60 Å². The van der Waals surface area contributed by atoms with E-state index in [9.17, 15) is 9.90 Å². The zero-order valence-electron chi connectivity index (χ0n) is 15.2. The van der Waals surface area contributed by atoms with E-state index in [1.807, 2.05) is 49.4 Å². The Kier molecular flexibility index (Phi) is 5.79. The smallest absolute Gasteiger partial charge is 0.281 e. The molecule has 0 aromatic heterocycles. The number of benzene rings is 3. The molecule has 0 aliphatic heterocycles. The first-order chi connectivity index (χ1) is 13.1. The average molecular weight is 358 g/mol. The highest BCUT2D eigenvalue weighted by Crippen LogP contribution is 2.29. The molecule has 0 fully saturated rings. The number of carbonyl (C=O) groups is 1. The van der Waals surface area contributed by atoms with Crippen LogP contribution in [0.3, 0.4) is 0 Å². The predicted molar refractivity (Wildman–Crippen MR) is 107 cm³/mol. The Bertz CT molecular complexity index is 867. The van der Waals surface area contributed by atoms with Crippen molar-refractivity contribution in [3.8, 4) is 0 Å². The van der Waals surface area contributed by atoms with E-state index in [-0.39, 0.29) is 0 Å². The molecule has 0 aliphatic rings. The average Bonchev–Trinajstić information content (AvgIpc) is 2.73. The van der Waals surface area contributed by atoms with E-state index in [0.717, 1.165) is 11.3 Å². The van der Waals surface area contributed by atoms with Gasteiger partial charge in [-0.1, -0.05) is 91.0 Å². The van der Waals surface area contributed by atoms with Crippen molar-refractivity contribution in [2.24, 2.45) is 5.10 Å². The van der Waals surface area contributed by atoms with Crippen LogP contribution in [0.4, 0.5) is 0 Å². The number of nitrogens with one attached hydrogen (secondary N) is 1. The summed E-state index contributed by atoms with van der Waals surface area (Å²) in [6.07, 6.45) is 0.621. The largest absolute Gasteiger partial charge is 0.372 e. The second kappa shape index (κ2) is 8.43. The Hall–Kier alpha value is -3.24. The standard InChI is InChI=1S/C23H22N2O2/c1-18(17-19-11-5-2-6-12-19)24-25-22(26)23(27,20-13-7-3-8-14-20)21-15-9-4-10-16-21/h2-16,27H,17H2,1H3,(H,25,26)/b24-18+. The zero-order valence-corrected chi connectivity index (χ0v) is 15.2. The van der Waals surface area contributed by atoms with E-state index in [1.165, 1.54) is 0 Å². The fourth-order valence-corrected chi connectivity index (χ4v) is 2.95. The summed E-state index contributed by atoms with van der Waals surface area (Å²) in [4.78, 5) is 13.0. The van der Waals surface area contributed by atoms with E-state index in [2.05, 4.69) is 10.5 Å². The molecule has 27 heavy (non-hydrogen) atoms. The molecule has 4 nitrogen and oxygen atoms in total. The number of rotatable bonds is 6. The van der Waals surface area contributed by atoms with E-state index >= 15 is 0 Å². The Morgan fingerprint density at radius 1 is 0.852 bits per heavy atom. The molecule has 136 valence electrons. The summed E-state index contributed by atoms with van der Waals surface area (Å²) in [6.45, 7) is 1.84. The zero-order chi connectivity index (χ0) is 19.1. The maximum atomic E-state index is 13.0. The van der Waals surface area contributed by atoms with Gasteiger partial charge in [0.25, 0.3) is 5.91 Å². The summed E-state index contributed by atoms with van der Waals surface area (Å²) in [6, 6.07) is 27.7. The lowest BCUT2D eigenvalue weighted by atomic mass is 9.85. The van der Waals surface area contributed by atoms with E-state index < -0.39 is 11.5 Å². The van der Waals surface area contributed by atoms with Crippen molar-refractivity contribution in [3.63, 3.8) is 0 Å². The second-order valence-corrected chi connectivity index (χ2v) is 6.39. The summed E-state index contributed by atoms with van der Waals surface area (Å²) in [5, 5.41) is 15.5. The van der Waals surface area contributed by atoms with E-state index in [4.69, 9.17) is 0 Å². The van der Waals surface area contributed by atoms with Crippen LogP contribution < -0.4 is 5.43 Å². The highest BCUT2D eigenvalue weighted by atomic mass is 16.3. The van der Waals surface area contributed by atoms with Crippen LogP contribution in [0.2, 0.25) is 0 Å². The molecule has 3 aromatic rings. The second-order valence-electron chi connectivity index (χ2n) is 6.39. The number of hydrogen-bond acceptors (Lipinski definition) is 3. The Morgan fingerprint density at radius 2 is 1.30 bits per heavy atom. The van der Waals surface area contributed by atoms with Crippen LogP contribution in [0.5, 0.6) is 0 Å². The summed E-state index contributed by atoms with van der Waals surface area (Å²) < 4.78 is 0. The van der Waals surface area contributed by atoms with Crippen LogP contribution in [0.15, 0.2) is 96.1 Å². The van der Waals surface area contributed by atoms with Crippen molar-refractivity contribution in [3.05, 3.63) is 108 Å². The highest BCUT2D eigenvalue weighted by Gasteiger charge is 2.39. The van der Waals surface area contributed by atoms with Gasteiger partial charge in [-0.3, -0.25) is 4.79 Å². The number of amides is 1. The lowest BCUT2D eigenvalue weighted by Gasteiger charge is -2.27. The molecule has 0 saturated heterocycles. The first-order valence-corrected chi connectivity index (χ1v) is 8.81. The van der Waals surface area contributed by atoms with Crippen molar-refractivity contribution >= 4 is 11.6 Å². The first-order valence-electron chi connectivity index (χ1n) is 8.81. The third kappa shape index (κ3) is 4.30. The van der Waals surface area contributed by atoms with Crippen LogP contribution in [0.1, 0.15) is 23.6 Å². The minimum atomic E-state index is -1.82. The molecule has 0 bridgehead atoms. The van der Waals surface area contributed by atoms with Gasteiger partial charge in [0.2, 0.25) is 0 Å². The fraction of sp³-hybridized carbons (Fsp3) is 0.130. The third-order valence-corrected chi connectivity index (χ3v) is 4.36. The topological polar surface area (TPSA) is 61.7 Å². The Labute approximate surface area is 159 Å². The van der Waals surface area contributed by atoms with Gasteiger partial charge < -0.3 is 5.11 Å². The van der Waals surface area contributed by atoms with Gasteiger partial charge in [-0.05, 0) is 23.6 Å². The molecule has 2 N–H and O–H groups in total. The SMILES string of the molecule is C/C(Cc1ccccc1)=N\NC(=O)C(O)(c1ccccc1)c1ccccc1.